The molecule has 0 unspecified atom stereocenters. The van der Waals surface area contributed by atoms with Crippen molar-refractivity contribution in [2.75, 3.05) is 6.61 Å². The van der Waals surface area contributed by atoms with Gasteiger partial charge in [0.25, 0.3) is 0 Å². The Kier molecular flexibility index (Phi) is 3.76. The molecule has 0 radical (unpaired) electrons. The van der Waals surface area contributed by atoms with E-state index >= 15 is 0 Å². The smallest absolute Gasteiger partial charge is 0.338 e. The van der Waals surface area contributed by atoms with Gasteiger partial charge in [-0.1, -0.05) is 6.07 Å². The second-order valence-electron chi connectivity index (χ2n) is 3.45. The Morgan fingerprint density at radius 2 is 1.83 bits per heavy atom. The van der Waals surface area contributed by atoms with Crippen molar-refractivity contribution in [1.82, 2.24) is 9.97 Å². The summed E-state index contributed by atoms with van der Waals surface area (Å²) in [6, 6.07) is 8.02. The van der Waals surface area contributed by atoms with E-state index in [1.807, 2.05) is 0 Å². The molecule has 0 atom stereocenters. The van der Waals surface area contributed by atoms with Gasteiger partial charge in [0.15, 0.2) is 6.61 Å². The quantitative estimate of drug-likeness (QED) is 0.600. The van der Waals surface area contributed by atoms with Gasteiger partial charge < -0.3 is 4.74 Å². The number of ketones is 1. The van der Waals surface area contributed by atoms with Crippen LogP contribution in [0.4, 0.5) is 0 Å². The van der Waals surface area contributed by atoms with Crippen molar-refractivity contribution < 1.29 is 14.3 Å². The molecule has 0 bridgehead atoms. The number of nitrogens with zero attached hydrogens (tertiary/aromatic N) is 2. The molecule has 2 aromatic heterocycles. The average Bonchev–Trinajstić information content (AvgIpc) is 2.46. The minimum Gasteiger partial charge on any atom is -0.454 e. The van der Waals surface area contributed by atoms with Crippen LogP contribution in [0.5, 0.6) is 0 Å². The van der Waals surface area contributed by atoms with Gasteiger partial charge in [0, 0.05) is 18.6 Å². The molecule has 5 nitrogen and oxygen atoms in total. The molecule has 0 saturated heterocycles. The van der Waals surface area contributed by atoms with Gasteiger partial charge in [-0.05, 0) is 24.3 Å². The molecule has 0 aliphatic carbocycles. The fourth-order valence-electron chi connectivity index (χ4n) is 1.30. The van der Waals surface area contributed by atoms with E-state index < -0.39 is 5.97 Å². The number of rotatable bonds is 4. The first kappa shape index (κ1) is 11.9. The monoisotopic (exact) mass is 242 g/mol. The van der Waals surface area contributed by atoms with E-state index in [1.54, 1.807) is 18.2 Å². The molecule has 18 heavy (non-hydrogen) atoms. The fraction of sp³-hybridized carbons (Fsp3) is 0.0769. The summed E-state index contributed by atoms with van der Waals surface area (Å²) in [5, 5.41) is 0. The second kappa shape index (κ2) is 5.67. The maximum Gasteiger partial charge on any atom is 0.338 e. The molecule has 0 aliphatic rings. The minimum atomic E-state index is -0.554. The number of carbonyl (C=O) groups excluding carboxylic acids is 2. The van der Waals surface area contributed by atoms with Crippen molar-refractivity contribution in [3.63, 3.8) is 0 Å². The van der Waals surface area contributed by atoms with Gasteiger partial charge in [-0.3, -0.25) is 14.8 Å². The van der Waals surface area contributed by atoms with Crippen molar-refractivity contribution in [1.29, 1.82) is 0 Å². The summed E-state index contributed by atoms with van der Waals surface area (Å²) in [6.45, 7) is -0.321. The molecule has 90 valence electrons. The van der Waals surface area contributed by atoms with Gasteiger partial charge in [-0.2, -0.15) is 0 Å². The highest BCUT2D eigenvalue weighted by molar-refractivity contribution is 5.97. The molecule has 2 heterocycles. The van der Waals surface area contributed by atoms with Gasteiger partial charge in [0.05, 0.1) is 5.56 Å². The Bertz CT molecular complexity index is 489. The Hall–Kier alpha value is -2.56. The first-order chi connectivity index (χ1) is 8.77. The molecule has 0 fully saturated rings. The lowest BCUT2D eigenvalue weighted by molar-refractivity contribution is 0.0473. The number of Topliss-reactive ketones (excluding diaryl/α,β-unsaturated/α-hetero) is 1. The summed E-state index contributed by atoms with van der Waals surface area (Å²) in [6.07, 6.45) is 4.48. The summed E-state index contributed by atoms with van der Waals surface area (Å²) in [5.74, 6) is -0.889. The first-order valence-electron chi connectivity index (χ1n) is 5.29. The highest BCUT2D eigenvalue weighted by Gasteiger charge is 2.11. The molecule has 5 heteroatoms. The Morgan fingerprint density at radius 1 is 1.06 bits per heavy atom. The maximum atomic E-state index is 11.6. The van der Waals surface area contributed by atoms with E-state index in [-0.39, 0.29) is 18.1 Å². The number of hydrogen-bond donors (Lipinski definition) is 0. The lowest BCUT2D eigenvalue weighted by Crippen LogP contribution is -2.15. The van der Waals surface area contributed by atoms with Crippen LogP contribution in [0.25, 0.3) is 0 Å². The Morgan fingerprint density at radius 3 is 2.50 bits per heavy atom. The van der Waals surface area contributed by atoms with E-state index in [4.69, 9.17) is 4.74 Å². The predicted octanol–water partition coefficient (Wildman–Crippen LogP) is 1.52. The lowest BCUT2D eigenvalue weighted by atomic mass is 10.2. The van der Waals surface area contributed by atoms with Crippen molar-refractivity contribution in [2.24, 2.45) is 0 Å². The third kappa shape index (κ3) is 2.98. The number of pyridine rings is 2. The zero-order valence-corrected chi connectivity index (χ0v) is 9.45. The Balaban J connectivity index is 1.93. The van der Waals surface area contributed by atoms with Gasteiger partial charge in [-0.15, -0.1) is 0 Å². The highest BCUT2D eigenvalue weighted by atomic mass is 16.5. The molecular formula is C13H10N2O3. The van der Waals surface area contributed by atoms with Crippen molar-refractivity contribution in [2.45, 2.75) is 0 Å². The predicted molar refractivity (Wildman–Crippen MR) is 63.1 cm³/mol. The number of hydrogen-bond acceptors (Lipinski definition) is 5. The van der Waals surface area contributed by atoms with Crippen LogP contribution in [0.15, 0.2) is 48.9 Å². The molecule has 0 aliphatic heterocycles. The van der Waals surface area contributed by atoms with Crippen molar-refractivity contribution >= 4 is 11.8 Å². The van der Waals surface area contributed by atoms with Crippen molar-refractivity contribution in [3.8, 4) is 0 Å². The number of ether oxygens (including phenoxy) is 1. The molecule has 0 spiro atoms. The number of carbonyl (C=O) groups is 2. The van der Waals surface area contributed by atoms with Gasteiger partial charge in [-0.25, -0.2) is 4.79 Å². The van der Waals surface area contributed by atoms with Crippen LogP contribution in [0.2, 0.25) is 0 Å². The van der Waals surface area contributed by atoms with Crippen molar-refractivity contribution in [3.05, 3.63) is 60.2 Å². The molecular weight excluding hydrogens is 232 g/mol. The summed E-state index contributed by atoms with van der Waals surface area (Å²) in [7, 11) is 0. The van der Waals surface area contributed by atoms with Gasteiger partial charge in [0.2, 0.25) is 5.78 Å². The summed E-state index contributed by atoms with van der Waals surface area (Å²) < 4.78 is 4.89. The van der Waals surface area contributed by atoms with Crippen LogP contribution in [0.1, 0.15) is 20.8 Å². The zero-order valence-electron chi connectivity index (χ0n) is 9.45. The normalized spacial score (nSPS) is 9.78. The molecule has 0 N–H and O–H groups in total. The number of aromatic nitrogens is 2. The van der Waals surface area contributed by atoms with E-state index in [0.717, 1.165) is 0 Å². The average molecular weight is 242 g/mol. The van der Waals surface area contributed by atoms with Crippen LogP contribution in [-0.4, -0.2) is 28.3 Å². The highest BCUT2D eigenvalue weighted by Crippen LogP contribution is 2.01. The molecule has 0 saturated carbocycles. The molecule has 0 aromatic carbocycles. The first-order valence-corrected chi connectivity index (χ1v) is 5.29. The standard InChI is InChI=1S/C13H10N2O3/c16-12(11-3-1-2-6-15-11)9-18-13(17)10-4-7-14-8-5-10/h1-8H,9H2. The minimum absolute atomic E-state index is 0.278. The maximum absolute atomic E-state index is 11.6. The number of esters is 1. The van der Waals surface area contributed by atoms with Gasteiger partial charge >= 0.3 is 5.97 Å². The van der Waals surface area contributed by atoms with E-state index in [0.29, 0.717) is 5.56 Å². The largest absolute Gasteiger partial charge is 0.454 e. The lowest BCUT2D eigenvalue weighted by Gasteiger charge is -2.03. The van der Waals surface area contributed by atoms with Crippen LogP contribution >= 0.6 is 0 Å². The van der Waals surface area contributed by atoms with Crippen LogP contribution in [0.3, 0.4) is 0 Å². The third-order valence-electron chi connectivity index (χ3n) is 2.20. The zero-order chi connectivity index (χ0) is 12.8. The van der Waals surface area contributed by atoms with E-state index in [1.165, 1.54) is 30.7 Å². The molecule has 0 amide bonds. The van der Waals surface area contributed by atoms with E-state index in [9.17, 15) is 9.59 Å². The topological polar surface area (TPSA) is 69.2 Å². The molecule has 2 aromatic rings. The summed E-state index contributed by atoms with van der Waals surface area (Å²) in [5.41, 5.74) is 0.638. The van der Waals surface area contributed by atoms with Crippen LogP contribution in [0, 0.1) is 0 Å². The van der Waals surface area contributed by atoms with Crippen LogP contribution in [-0.2, 0) is 4.74 Å². The summed E-state index contributed by atoms with van der Waals surface area (Å²) >= 11 is 0. The second-order valence-corrected chi connectivity index (χ2v) is 3.45. The fourth-order valence-corrected chi connectivity index (χ4v) is 1.30. The van der Waals surface area contributed by atoms with E-state index in [2.05, 4.69) is 9.97 Å². The van der Waals surface area contributed by atoms with Crippen LogP contribution < -0.4 is 0 Å². The molecule has 2 rings (SSSR count). The van der Waals surface area contributed by atoms with Gasteiger partial charge in [0.1, 0.15) is 5.69 Å². The SMILES string of the molecule is O=C(OCC(=O)c1ccccn1)c1ccncc1. The summed E-state index contributed by atoms with van der Waals surface area (Å²) in [4.78, 5) is 30.9. The Labute approximate surface area is 103 Å². The third-order valence-corrected chi connectivity index (χ3v) is 2.20.